The molecule has 1 saturated carbocycles. The first-order chi connectivity index (χ1) is 14.0. The summed E-state index contributed by atoms with van der Waals surface area (Å²) in [4.78, 5) is 18.9. The van der Waals surface area contributed by atoms with E-state index in [0.717, 1.165) is 42.6 Å². The van der Waals surface area contributed by atoms with Crippen LogP contribution in [0.5, 0.6) is 5.88 Å². The summed E-state index contributed by atoms with van der Waals surface area (Å²) in [6.45, 7) is 6.56. The summed E-state index contributed by atoms with van der Waals surface area (Å²) >= 11 is 0. The van der Waals surface area contributed by atoms with Crippen molar-refractivity contribution in [1.29, 1.82) is 0 Å². The number of amides is 1. The molecule has 1 aliphatic carbocycles. The molecule has 4 heterocycles. The zero-order chi connectivity index (χ0) is 20.2. The molecule has 3 atom stereocenters. The van der Waals surface area contributed by atoms with E-state index >= 15 is 0 Å². The Labute approximate surface area is 168 Å². The number of likely N-dealkylation sites (tertiary alicyclic amines) is 1. The second kappa shape index (κ2) is 6.43. The quantitative estimate of drug-likeness (QED) is 0.638. The van der Waals surface area contributed by atoms with Crippen LogP contribution < -0.4 is 4.74 Å². The van der Waals surface area contributed by atoms with Gasteiger partial charge in [-0.15, -0.1) is 0 Å². The first-order valence-corrected chi connectivity index (χ1v) is 9.94. The molecule has 0 aromatic carbocycles. The van der Waals surface area contributed by atoms with Gasteiger partial charge in [0.15, 0.2) is 0 Å². The van der Waals surface area contributed by atoms with E-state index < -0.39 is 0 Å². The van der Waals surface area contributed by atoms with Crippen LogP contribution in [-0.2, 0) is 11.8 Å². The number of aromatic nitrogens is 5. The first kappa shape index (κ1) is 17.9. The van der Waals surface area contributed by atoms with Crippen molar-refractivity contribution >= 4 is 11.4 Å². The van der Waals surface area contributed by atoms with E-state index in [9.17, 15) is 4.79 Å². The van der Waals surface area contributed by atoms with Gasteiger partial charge in [0, 0.05) is 43.7 Å². The highest BCUT2D eigenvalue weighted by Gasteiger charge is 2.57. The number of piperidine rings is 1. The van der Waals surface area contributed by atoms with Gasteiger partial charge in [-0.2, -0.15) is 10.2 Å². The van der Waals surface area contributed by atoms with Gasteiger partial charge in [0.2, 0.25) is 11.8 Å². The lowest BCUT2D eigenvalue weighted by Gasteiger charge is -2.58. The summed E-state index contributed by atoms with van der Waals surface area (Å²) in [5.41, 5.74) is 2.13. The van der Waals surface area contributed by atoms with Crippen molar-refractivity contribution in [3.05, 3.63) is 43.5 Å². The molecule has 0 N–H and O–H groups in total. The average molecular weight is 392 g/mol. The molecule has 8 heteroatoms. The second-order valence-corrected chi connectivity index (χ2v) is 8.17. The number of ether oxygens (including phenoxy) is 1. The Kier molecular flexibility index (Phi) is 3.97. The van der Waals surface area contributed by atoms with Gasteiger partial charge in [-0.1, -0.05) is 6.58 Å². The Morgan fingerprint density at radius 3 is 3.00 bits per heavy atom. The predicted molar refractivity (Wildman–Crippen MR) is 107 cm³/mol. The third kappa shape index (κ3) is 2.82. The average Bonchev–Trinajstić information content (AvgIpc) is 3.35. The van der Waals surface area contributed by atoms with Crippen molar-refractivity contribution in [2.45, 2.75) is 37.8 Å². The topological polar surface area (TPSA) is 77.6 Å². The summed E-state index contributed by atoms with van der Waals surface area (Å²) in [6, 6.07) is 2.12. The molecule has 3 aromatic rings. The maximum atomic E-state index is 12.2. The van der Waals surface area contributed by atoms with Crippen molar-refractivity contribution < 1.29 is 9.53 Å². The Balaban J connectivity index is 1.47. The van der Waals surface area contributed by atoms with Crippen LogP contribution in [-0.4, -0.2) is 53.4 Å². The molecule has 150 valence electrons. The summed E-state index contributed by atoms with van der Waals surface area (Å²) in [7, 11) is 1.88. The highest BCUT2D eigenvalue weighted by molar-refractivity contribution is 5.87. The first-order valence-electron chi connectivity index (χ1n) is 9.94. The van der Waals surface area contributed by atoms with E-state index in [4.69, 9.17) is 9.72 Å². The van der Waals surface area contributed by atoms with Crippen LogP contribution in [0, 0.1) is 5.92 Å². The molecule has 2 fully saturated rings. The molecule has 0 bridgehead atoms. The lowest BCUT2D eigenvalue weighted by Crippen LogP contribution is -2.67. The molecule has 29 heavy (non-hydrogen) atoms. The van der Waals surface area contributed by atoms with E-state index in [1.54, 1.807) is 21.6 Å². The molecule has 1 saturated heterocycles. The fourth-order valence-electron chi connectivity index (χ4n) is 4.82. The SMILES string of the molecule is C=CC(=O)N1CCC[C@@H]2[C@H]1C[C@]2(C)Oc1nc(-c2cnn(C)c2)cn2nccc12. The summed E-state index contributed by atoms with van der Waals surface area (Å²) < 4.78 is 10.1. The Morgan fingerprint density at radius 2 is 2.24 bits per heavy atom. The number of carbonyl (C=O) groups excluding carboxylic acids is 1. The number of rotatable bonds is 4. The standard InChI is InChI=1S/C21H24N6O2/c1-4-19(28)26-9-5-6-15-18(26)10-21(15,2)29-20-17-7-8-22-27(17)13-16(24-20)14-11-23-25(3)12-14/h4,7-8,11-13,15,18H,1,5-6,9-10H2,2-3H3/t15-,18-,21+/m1/s1. The number of aryl methyl sites for hydroxylation is 1. The predicted octanol–water partition coefficient (Wildman–Crippen LogP) is 2.46. The van der Waals surface area contributed by atoms with Crippen LogP contribution in [0.15, 0.2) is 43.5 Å². The van der Waals surface area contributed by atoms with E-state index in [0.29, 0.717) is 5.88 Å². The van der Waals surface area contributed by atoms with Gasteiger partial charge < -0.3 is 9.64 Å². The van der Waals surface area contributed by atoms with Crippen molar-refractivity contribution in [2.75, 3.05) is 6.54 Å². The van der Waals surface area contributed by atoms with Crippen molar-refractivity contribution in [3.8, 4) is 17.1 Å². The van der Waals surface area contributed by atoms with Crippen molar-refractivity contribution in [2.24, 2.45) is 13.0 Å². The van der Waals surface area contributed by atoms with Gasteiger partial charge in [0.05, 0.1) is 24.3 Å². The van der Waals surface area contributed by atoms with Crippen LogP contribution in [0.25, 0.3) is 16.8 Å². The Bertz CT molecular complexity index is 1100. The smallest absolute Gasteiger partial charge is 0.246 e. The Morgan fingerprint density at radius 1 is 1.38 bits per heavy atom. The molecule has 0 radical (unpaired) electrons. The van der Waals surface area contributed by atoms with Crippen LogP contribution >= 0.6 is 0 Å². The van der Waals surface area contributed by atoms with Crippen LogP contribution in [0.2, 0.25) is 0 Å². The molecule has 1 aliphatic heterocycles. The van der Waals surface area contributed by atoms with Crippen LogP contribution in [0.3, 0.4) is 0 Å². The van der Waals surface area contributed by atoms with Crippen molar-refractivity contribution in [1.82, 2.24) is 29.3 Å². The van der Waals surface area contributed by atoms with Gasteiger partial charge in [-0.3, -0.25) is 9.48 Å². The summed E-state index contributed by atoms with van der Waals surface area (Å²) in [6.07, 6.45) is 11.5. The lowest BCUT2D eigenvalue weighted by atomic mass is 9.62. The number of carbonyl (C=O) groups is 1. The van der Waals surface area contributed by atoms with E-state index in [1.165, 1.54) is 6.08 Å². The van der Waals surface area contributed by atoms with Gasteiger partial charge >= 0.3 is 0 Å². The second-order valence-electron chi connectivity index (χ2n) is 8.17. The molecule has 0 spiro atoms. The molecule has 5 rings (SSSR count). The highest BCUT2D eigenvalue weighted by atomic mass is 16.5. The minimum absolute atomic E-state index is 0.0108. The number of nitrogens with zero attached hydrogens (tertiary/aromatic N) is 6. The molecular weight excluding hydrogens is 368 g/mol. The van der Waals surface area contributed by atoms with Gasteiger partial charge in [0.25, 0.3) is 0 Å². The Hall–Kier alpha value is -3.16. The van der Waals surface area contributed by atoms with E-state index in [2.05, 4.69) is 23.7 Å². The molecule has 1 amide bonds. The third-order valence-corrected chi connectivity index (χ3v) is 6.32. The van der Waals surface area contributed by atoms with Crippen molar-refractivity contribution in [3.63, 3.8) is 0 Å². The minimum atomic E-state index is -0.365. The maximum Gasteiger partial charge on any atom is 0.246 e. The molecule has 8 nitrogen and oxygen atoms in total. The number of hydrogen-bond donors (Lipinski definition) is 0. The van der Waals surface area contributed by atoms with E-state index in [1.807, 2.05) is 30.4 Å². The van der Waals surface area contributed by atoms with Crippen LogP contribution in [0.4, 0.5) is 0 Å². The molecular formula is C21H24N6O2. The highest BCUT2D eigenvalue weighted by Crippen LogP contribution is 2.49. The number of hydrogen-bond acceptors (Lipinski definition) is 5. The molecule has 0 unspecified atom stereocenters. The summed E-state index contributed by atoms with van der Waals surface area (Å²) in [5.74, 6) is 0.862. The zero-order valence-corrected chi connectivity index (χ0v) is 16.7. The van der Waals surface area contributed by atoms with Gasteiger partial charge in [0.1, 0.15) is 11.1 Å². The lowest BCUT2D eigenvalue weighted by molar-refractivity contribution is -0.161. The number of fused-ring (bicyclic) bond motifs is 2. The monoisotopic (exact) mass is 392 g/mol. The fraction of sp³-hybridized carbons (Fsp3) is 0.429. The fourth-order valence-corrected chi connectivity index (χ4v) is 4.82. The maximum absolute atomic E-state index is 12.2. The zero-order valence-electron chi connectivity index (χ0n) is 16.7. The van der Waals surface area contributed by atoms with Gasteiger partial charge in [-0.25, -0.2) is 9.50 Å². The normalized spacial score (nSPS) is 26.1. The van der Waals surface area contributed by atoms with Crippen LogP contribution in [0.1, 0.15) is 26.2 Å². The molecule has 2 aliphatic rings. The molecule has 3 aromatic heterocycles. The van der Waals surface area contributed by atoms with Gasteiger partial charge in [-0.05, 0) is 31.9 Å². The summed E-state index contributed by atoms with van der Waals surface area (Å²) in [5, 5.41) is 8.62. The van der Waals surface area contributed by atoms with E-state index in [-0.39, 0.29) is 23.5 Å². The third-order valence-electron chi connectivity index (χ3n) is 6.32. The largest absolute Gasteiger partial charge is 0.469 e. The minimum Gasteiger partial charge on any atom is -0.469 e.